The molecule has 0 spiro atoms. The van der Waals surface area contributed by atoms with Crippen LogP contribution >= 0.6 is 0 Å². The van der Waals surface area contributed by atoms with E-state index in [2.05, 4.69) is 92.1 Å². The Balaban J connectivity index is 1.54. The summed E-state index contributed by atoms with van der Waals surface area (Å²) in [6.07, 6.45) is 89.8. The largest absolute Gasteiger partial charge is 0.394 e. The summed E-state index contributed by atoms with van der Waals surface area (Å²) in [5.41, 5.74) is 0. The minimum absolute atomic E-state index is 0.198. The van der Waals surface area contributed by atoms with Crippen molar-refractivity contribution in [2.24, 2.45) is 0 Å². The average molecular weight is 1510 g/mol. The monoisotopic (exact) mass is 1510 g/mol. The van der Waals surface area contributed by atoms with Crippen LogP contribution in [-0.2, 0) is 23.7 Å². The van der Waals surface area contributed by atoms with Crippen LogP contribution in [0.5, 0.6) is 0 Å². The zero-order chi connectivity index (χ0) is 77.2. The summed E-state index contributed by atoms with van der Waals surface area (Å²) < 4.78 is 23.0. The molecule has 0 aromatic rings. The Morgan fingerprint density at radius 2 is 0.645 bits per heavy atom. The first-order valence-electron chi connectivity index (χ1n) is 45.7. The highest BCUT2D eigenvalue weighted by molar-refractivity contribution is 5.76. The highest BCUT2D eigenvalue weighted by Gasteiger charge is 2.51. The standard InChI is InChI=1S/C93H171NO13/c1-3-5-7-9-11-13-15-17-19-21-23-25-27-29-31-33-35-37-38-39-40-41-42-43-44-45-47-49-51-53-55-57-59-61-63-65-67-69-71-73-75-77-85(98)94-81(80-104-92-90(103)88(101)91(84(79-96)106-92)107-93-89(102)87(100)86(99)83(78-95)105-93)82(97)76-74-72-70-68-66-64-62-60-58-56-54-52-50-48-46-36-34-32-30-28-26-24-22-20-18-16-14-12-10-8-6-4-2/h5,7,11,13,17,19,23,25,29,31,35,37,81-84,86-93,95-97,99-103H,3-4,6,8-10,12,14-16,18,20-22,24,26-28,30,32-34,36,38-80H2,1-2H3,(H,94,98)/b7-5-,13-11-,19-17-,25-23-,31-29-,37-35-. The minimum atomic E-state index is -1.78. The van der Waals surface area contributed by atoms with E-state index in [1.165, 1.54) is 302 Å². The van der Waals surface area contributed by atoms with E-state index in [1.807, 2.05) is 0 Å². The molecule has 0 aliphatic carbocycles. The molecule has 12 atom stereocenters. The smallest absolute Gasteiger partial charge is 0.220 e. The molecular weight excluding hydrogens is 1340 g/mol. The molecule has 2 aliphatic rings. The summed E-state index contributed by atoms with van der Waals surface area (Å²) in [6, 6.07) is -0.832. The van der Waals surface area contributed by atoms with Crippen molar-refractivity contribution < 1.29 is 64.6 Å². The molecule has 14 nitrogen and oxygen atoms in total. The first-order chi connectivity index (χ1) is 52.6. The van der Waals surface area contributed by atoms with Gasteiger partial charge in [-0.15, -0.1) is 0 Å². The molecule has 12 unspecified atom stereocenters. The number of nitrogens with one attached hydrogen (secondary N) is 1. The molecule has 0 aromatic carbocycles. The molecule has 0 radical (unpaired) electrons. The maximum absolute atomic E-state index is 13.5. The molecule has 2 rings (SSSR count). The van der Waals surface area contributed by atoms with Crippen molar-refractivity contribution >= 4 is 5.91 Å². The zero-order valence-electron chi connectivity index (χ0n) is 69.1. The fourth-order valence-electron chi connectivity index (χ4n) is 15.1. The van der Waals surface area contributed by atoms with Crippen molar-refractivity contribution in [1.82, 2.24) is 5.32 Å². The van der Waals surface area contributed by atoms with E-state index in [9.17, 15) is 45.6 Å². The van der Waals surface area contributed by atoms with Crippen molar-refractivity contribution in [2.75, 3.05) is 19.8 Å². The summed E-state index contributed by atoms with van der Waals surface area (Å²) >= 11 is 0. The molecule has 2 saturated heterocycles. The topological polar surface area (TPSA) is 228 Å². The van der Waals surface area contributed by atoms with Gasteiger partial charge in [0, 0.05) is 6.42 Å². The summed E-state index contributed by atoms with van der Waals surface area (Å²) in [7, 11) is 0. The van der Waals surface area contributed by atoms with Gasteiger partial charge in [-0.05, 0) is 64.2 Å². The molecule has 1 amide bonds. The minimum Gasteiger partial charge on any atom is -0.394 e. The lowest BCUT2D eigenvalue weighted by Crippen LogP contribution is -2.65. The van der Waals surface area contributed by atoms with E-state index in [0.29, 0.717) is 12.8 Å². The second kappa shape index (κ2) is 76.1. The summed E-state index contributed by atoms with van der Waals surface area (Å²) in [6.45, 7) is 2.82. The fourth-order valence-corrected chi connectivity index (χ4v) is 15.1. The van der Waals surface area contributed by atoms with Crippen molar-refractivity contribution in [1.29, 1.82) is 0 Å². The van der Waals surface area contributed by atoms with Gasteiger partial charge in [0.15, 0.2) is 12.6 Å². The van der Waals surface area contributed by atoms with Crippen LogP contribution < -0.4 is 5.32 Å². The van der Waals surface area contributed by atoms with E-state index in [1.54, 1.807) is 0 Å². The molecule has 626 valence electrons. The van der Waals surface area contributed by atoms with Gasteiger partial charge in [-0.1, -0.05) is 421 Å². The Hall–Kier alpha value is -2.57. The lowest BCUT2D eigenvalue weighted by molar-refractivity contribution is -0.359. The lowest BCUT2D eigenvalue weighted by atomic mass is 9.97. The molecule has 0 saturated carbocycles. The maximum atomic E-state index is 13.5. The fraction of sp³-hybridized carbons (Fsp3) is 0.860. The lowest BCUT2D eigenvalue weighted by Gasteiger charge is -2.46. The number of aliphatic hydroxyl groups excluding tert-OH is 8. The zero-order valence-corrected chi connectivity index (χ0v) is 69.1. The number of aliphatic hydroxyl groups is 8. The van der Waals surface area contributed by atoms with Gasteiger partial charge in [-0.2, -0.15) is 0 Å². The Bertz CT molecular complexity index is 2080. The number of carbonyl (C=O) groups is 1. The molecule has 2 aliphatic heterocycles. The van der Waals surface area contributed by atoms with Gasteiger partial charge in [0.1, 0.15) is 48.8 Å². The highest BCUT2D eigenvalue weighted by Crippen LogP contribution is 2.31. The molecule has 0 bridgehead atoms. The predicted octanol–water partition coefficient (Wildman–Crippen LogP) is 22.4. The summed E-state index contributed by atoms with van der Waals surface area (Å²) in [5.74, 6) is -0.198. The van der Waals surface area contributed by atoms with Crippen molar-refractivity contribution in [2.45, 2.75) is 492 Å². The molecule has 9 N–H and O–H groups in total. The molecule has 14 heteroatoms. The first kappa shape index (κ1) is 101. The summed E-state index contributed by atoms with van der Waals surface area (Å²) in [5, 5.41) is 88.1. The number of carbonyl (C=O) groups excluding carboxylic acids is 1. The SMILES string of the molecule is CC/C=C\C/C=C\C/C=C\C/C=C\C/C=C\C/C=C\CCCCCCCCCCCCCCCCCCCCCCCCC(=O)NC(COC1OC(CO)C(OC2OC(CO)C(O)C(O)C2O)C(O)C1O)C(O)CCCCCCCCCCCCCCCCCCCCCCCCCCCCCCCCCC. The average Bonchev–Trinajstić information content (AvgIpc) is 0.789. The number of unbranched alkanes of at least 4 members (excludes halogenated alkanes) is 53. The van der Waals surface area contributed by atoms with Gasteiger partial charge < -0.3 is 65.1 Å². The second-order valence-electron chi connectivity index (χ2n) is 32.1. The second-order valence-corrected chi connectivity index (χ2v) is 32.1. The Kier molecular flexibility index (Phi) is 71.5. The van der Waals surface area contributed by atoms with Gasteiger partial charge >= 0.3 is 0 Å². The number of hydrogen-bond donors (Lipinski definition) is 9. The van der Waals surface area contributed by atoms with Crippen LogP contribution in [0.2, 0.25) is 0 Å². The van der Waals surface area contributed by atoms with Gasteiger partial charge in [-0.3, -0.25) is 4.79 Å². The first-order valence-corrected chi connectivity index (χ1v) is 45.7. The molecule has 0 aromatic heterocycles. The van der Waals surface area contributed by atoms with Gasteiger partial charge in [0.05, 0.1) is 32.0 Å². The van der Waals surface area contributed by atoms with E-state index >= 15 is 0 Å². The number of allylic oxidation sites excluding steroid dienone is 12. The van der Waals surface area contributed by atoms with Crippen LogP contribution in [0.1, 0.15) is 418 Å². The van der Waals surface area contributed by atoms with E-state index < -0.39 is 86.8 Å². The van der Waals surface area contributed by atoms with Crippen molar-refractivity contribution in [3.8, 4) is 0 Å². The Labute approximate surface area is 657 Å². The van der Waals surface area contributed by atoms with Crippen LogP contribution in [0.15, 0.2) is 72.9 Å². The normalized spacial score (nSPS) is 21.5. The molecular formula is C93H171NO13. The van der Waals surface area contributed by atoms with Gasteiger partial charge in [0.2, 0.25) is 5.91 Å². The van der Waals surface area contributed by atoms with Crippen LogP contribution in [0.4, 0.5) is 0 Å². The van der Waals surface area contributed by atoms with Gasteiger partial charge in [0.25, 0.3) is 0 Å². The third-order valence-corrected chi connectivity index (χ3v) is 22.2. The van der Waals surface area contributed by atoms with E-state index in [0.717, 1.165) is 89.9 Å². The van der Waals surface area contributed by atoms with Crippen LogP contribution in [-0.4, -0.2) is 140 Å². The maximum Gasteiger partial charge on any atom is 0.220 e. The Morgan fingerprint density at radius 3 is 0.991 bits per heavy atom. The number of ether oxygens (including phenoxy) is 4. The molecule has 107 heavy (non-hydrogen) atoms. The van der Waals surface area contributed by atoms with Crippen LogP contribution in [0.3, 0.4) is 0 Å². The van der Waals surface area contributed by atoms with Crippen LogP contribution in [0.25, 0.3) is 0 Å². The quantitative estimate of drug-likeness (QED) is 0.0204. The molecule has 2 heterocycles. The summed E-state index contributed by atoms with van der Waals surface area (Å²) in [4.78, 5) is 13.5. The highest BCUT2D eigenvalue weighted by atomic mass is 16.7. The van der Waals surface area contributed by atoms with E-state index in [-0.39, 0.29) is 12.5 Å². The predicted molar refractivity (Wildman–Crippen MR) is 447 cm³/mol. The number of amides is 1. The third-order valence-electron chi connectivity index (χ3n) is 22.2. The van der Waals surface area contributed by atoms with E-state index in [4.69, 9.17) is 18.9 Å². The number of hydrogen-bond acceptors (Lipinski definition) is 13. The van der Waals surface area contributed by atoms with Gasteiger partial charge in [-0.25, -0.2) is 0 Å². The van der Waals surface area contributed by atoms with Crippen molar-refractivity contribution in [3.05, 3.63) is 72.9 Å². The number of rotatable bonds is 78. The Morgan fingerprint density at radius 1 is 0.346 bits per heavy atom. The van der Waals surface area contributed by atoms with Crippen LogP contribution in [0, 0.1) is 0 Å². The third kappa shape index (κ3) is 58.0. The molecule has 2 fully saturated rings. The van der Waals surface area contributed by atoms with Crippen molar-refractivity contribution in [3.63, 3.8) is 0 Å².